The van der Waals surface area contributed by atoms with Crippen LogP contribution in [-0.2, 0) is 29.2 Å². The fraction of sp³-hybridized carbons (Fsp3) is 0.474. The number of halogens is 8. The molecular formula is C19H17F8N3O3S. The molecule has 0 atom stereocenters. The molecule has 0 radical (unpaired) electrons. The lowest BCUT2D eigenvalue weighted by atomic mass is 9.93. The highest BCUT2D eigenvalue weighted by Gasteiger charge is 2.49. The number of carbonyl (C=O) groups is 1. The standard InChI is InChI=1S/C19H17F8N3O3S/c1-30-14(9-15(29-30)19(25,26)27)16(31)28-12-2-4-17(21,5-3-12)34(32,33)13-7-10(18(22,23)24)6-11(20)8-13/h6-9,12H,2-5H2,1H3,(H,28,31). The first-order valence-electron chi connectivity index (χ1n) is 9.67. The topological polar surface area (TPSA) is 81.1 Å². The van der Waals surface area contributed by atoms with E-state index in [9.17, 15) is 43.9 Å². The quantitative estimate of drug-likeness (QED) is 0.607. The third-order valence-corrected chi connectivity index (χ3v) is 7.69. The van der Waals surface area contributed by atoms with Crippen LogP contribution in [0.25, 0.3) is 0 Å². The number of rotatable bonds is 4. The number of amides is 1. The van der Waals surface area contributed by atoms with Gasteiger partial charge in [-0.25, -0.2) is 17.2 Å². The fourth-order valence-electron chi connectivity index (χ4n) is 3.63. The number of aryl methyl sites for hydroxylation is 1. The number of nitrogens with one attached hydrogen (secondary N) is 1. The van der Waals surface area contributed by atoms with Crippen molar-refractivity contribution in [3.8, 4) is 0 Å². The van der Waals surface area contributed by atoms with E-state index >= 15 is 4.39 Å². The molecule has 1 aromatic carbocycles. The zero-order chi connectivity index (χ0) is 25.7. The van der Waals surface area contributed by atoms with Gasteiger partial charge in [0.15, 0.2) is 5.69 Å². The van der Waals surface area contributed by atoms with Crippen LogP contribution >= 0.6 is 0 Å². The van der Waals surface area contributed by atoms with Crippen molar-refractivity contribution in [3.63, 3.8) is 0 Å². The summed E-state index contributed by atoms with van der Waals surface area (Å²) in [6.07, 6.45) is -11.9. The Morgan fingerprint density at radius 1 is 1.06 bits per heavy atom. The van der Waals surface area contributed by atoms with E-state index in [0.29, 0.717) is 16.8 Å². The van der Waals surface area contributed by atoms with E-state index in [-0.39, 0.29) is 25.0 Å². The van der Waals surface area contributed by atoms with Gasteiger partial charge in [0.05, 0.1) is 10.5 Å². The highest BCUT2D eigenvalue weighted by atomic mass is 32.2. The van der Waals surface area contributed by atoms with E-state index in [4.69, 9.17) is 0 Å². The summed E-state index contributed by atoms with van der Waals surface area (Å²) in [6.45, 7) is 0. The Hall–Kier alpha value is -2.71. The highest BCUT2D eigenvalue weighted by Crippen LogP contribution is 2.42. The molecule has 1 amide bonds. The van der Waals surface area contributed by atoms with Crippen molar-refractivity contribution in [1.82, 2.24) is 15.1 Å². The molecule has 0 aliphatic heterocycles. The van der Waals surface area contributed by atoms with Crippen LogP contribution in [0.2, 0.25) is 0 Å². The lowest BCUT2D eigenvalue weighted by Crippen LogP contribution is -2.45. The van der Waals surface area contributed by atoms with Crippen molar-refractivity contribution < 1.29 is 48.3 Å². The van der Waals surface area contributed by atoms with E-state index in [0.717, 1.165) is 7.05 Å². The number of hydrogen-bond donors (Lipinski definition) is 1. The average Bonchev–Trinajstić information content (AvgIpc) is 3.11. The van der Waals surface area contributed by atoms with Crippen molar-refractivity contribution in [2.45, 2.75) is 54.0 Å². The van der Waals surface area contributed by atoms with Gasteiger partial charge < -0.3 is 5.32 Å². The number of sulfone groups is 1. The molecule has 1 aromatic heterocycles. The maximum Gasteiger partial charge on any atom is 0.435 e. The predicted molar refractivity (Wildman–Crippen MR) is 100 cm³/mol. The molecule has 6 nitrogen and oxygen atoms in total. The molecule has 0 saturated heterocycles. The summed E-state index contributed by atoms with van der Waals surface area (Å²) in [4.78, 5) is 11.2. The number of carbonyl (C=O) groups excluding carboxylic acids is 1. The van der Waals surface area contributed by atoms with Crippen molar-refractivity contribution >= 4 is 15.7 Å². The minimum absolute atomic E-state index is 0.0823. The molecule has 3 rings (SSSR count). The maximum absolute atomic E-state index is 15.4. The third-order valence-electron chi connectivity index (χ3n) is 5.46. The summed E-state index contributed by atoms with van der Waals surface area (Å²) < 4.78 is 132. The first-order chi connectivity index (χ1) is 15.4. The van der Waals surface area contributed by atoms with Crippen LogP contribution in [0.5, 0.6) is 0 Å². The van der Waals surface area contributed by atoms with E-state index in [1.54, 1.807) is 0 Å². The molecule has 34 heavy (non-hydrogen) atoms. The average molecular weight is 519 g/mol. The number of nitrogens with zero attached hydrogens (tertiary/aromatic N) is 2. The fourth-order valence-corrected chi connectivity index (χ4v) is 5.38. The Bertz CT molecular complexity index is 1200. The van der Waals surface area contributed by atoms with Crippen LogP contribution in [0, 0.1) is 5.82 Å². The molecule has 1 saturated carbocycles. The Balaban J connectivity index is 1.74. The Morgan fingerprint density at radius 3 is 2.15 bits per heavy atom. The van der Waals surface area contributed by atoms with Crippen LogP contribution in [0.4, 0.5) is 35.1 Å². The van der Waals surface area contributed by atoms with E-state index in [1.165, 1.54) is 0 Å². The Morgan fingerprint density at radius 2 is 1.65 bits per heavy atom. The number of aromatic nitrogens is 2. The first kappa shape index (κ1) is 25.9. The summed E-state index contributed by atoms with van der Waals surface area (Å²) in [5.41, 5.74) is -3.33. The van der Waals surface area contributed by atoms with Gasteiger partial charge in [0.1, 0.15) is 11.5 Å². The molecule has 1 N–H and O–H groups in total. The lowest BCUT2D eigenvalue weighted by Gasteiger charge is -2.33. The van der Waals surface area contributed by atoms with Gasteiger partial charge in [-0.2, -0.15) is 31.4 Å². The van der Waals surface area contributed by atoms with Crippen molar-refractivity contribution in [2.75, 3.05) is 0 Å². The molecule has 15 heteroatoms. The predicted octanol–water partition coefficient (Wildman–Crippen LogP) is 4.41. The Kier molecular flexibility index (Phi) is 6.48. The van der Waals surface area contributed by atoms with Crippen LogP contribution in [0.3, 0.4) is 0 Å². The van der Waals surface area contributed by atoms with Crippen molar-refractivity contribution in [1.29, 1.82) is 0 Å². The second-order valence-electron chi connectivity index (χ2n) is 7.84. The van der Waals surface area contributed by atoms with Gasteiger partial charge in [-0.05, 0) is 43.9 Å². The smallest absolute Gasteiger partial charge is 0.348 e. The highest BCUT2D eigenvalue weighted by molar-refractivity contribution is 7.92. The SMILES string of the molecule is Cn1nc(C(F)(F)F)cc1C(=O)NC1CCC(F)(S(=O)(=O)c2cc(F)cc(C(F)(F)F)c2)CC1. The van der Waals surface area contributed by atoms with Gasteiger partial charge in [0, 0.05) is 19.2 Å². The van der Waals surface area contributed by atoms with Gasteiger partial charge in [-0.1, -0.05) is 0 Å². The summed E-state index contributed by atoms with van der Waals surface area (Å²) in [5.74, 6) is -2.46. The minimum atomic E-state index is -5.06. The van der Waals surface area contributed by atoms with Gasteiger partial charge in [0.25, 0.3) is 5.91 Å². The van der Waals surface area contributed by atoms with Gasteiger partial charge in [0.2, 0.25) is 14.8 Å². The van der Waals surface area contributed by atoms with Crippen LogP contribution in [-0.4, -0.2) is 35.1 Å². The molecule has 1 heterocycles. The van der Waals surface area contributed by atoms with E-state index in [1.807, 2.05) is 0 Å². The number of alkyl halides is 7. The summed E-state index contributed by atoms with van der Waals surface area (Å²) >= 11 is 0. The van der Waals surface area contributed by atoms with E-state index in [2.05, 4.69) is 10.4 Å². The lowest BCUT2D eigenvalue weighted by molar-refractivity contribution is -0.141. The molecule has 0 unspecified atom stereocenters. The zero-order valence-corrected chi connectivity index (χ0v) is 18.1. The molecule has 1 aliphatic rings. The summed E-state index contributed by atoms with van der Waals surface area (Å²) in [6, 6.07) is 0.215. The van der Waals surface area contributed by atoms with Crippen LogP contribution < -0.4 is 5.32 Å². The molecule has 1 fully saturated rings. The summed E-state index contributed by atoms with van der Waals surface area (Å²) in [5, 5.41) is 2.54. The Labute approximate surface area is 187 Å². The zero-order valence-electron chi connectivity index (χ0n) is 17.3. The minimum Gasteiger partial charge on any atom is -0.348 e. The van der Waals surface area contributed by atoms with Crippen molar-refractivity contribution in [2.24, 2.45) is 7.05 Å². The second kappa shape index (κ2) is 8.50. The largest absolute Gasteiger partial charge is 0.435 e. The molecular weight excluding hydrogens is 502 g/mol. The number of hydrogen-bond acceptors (Lipinski definition) is 4. The van der Waals surface area contributed by atoms with Gasteiger partial charge in [-0.3, -0.25) is 9.48 Å². The van der Waals surface area contributed by atoms with Crippen LogP contribution in [0.1, 0.15) is 47.4 Å². The van der Waals surface area contributed by atoms with Crippen LogP contribution in [0.15, 0.2) is 29.2 Å². The maximum atomic E-state index is 15.4. The van der Waals surface area contributed by atoms with E-state index < -0.39 is 79.6 Å². The monoisotopic (exact) mass is 519 g/mol. The van der Waals surface area contributed by atoms with Gasteiger partial charge >= 0.3 is 12.4 Å². The summed E-state index contributed by atoms with van der Waals surface area (Å²) in [7, 11) is -3.94. The molecule has 1 aliphatic carbocycles. The van der Waals surface area contributed by atoms with Crippen molar-refractivity contribution in [3.05, 3.63) is 47.0 Å². The second-order valence-corrected chi connectivity index (χ2v) is 10.1. The van der Waals surface area contributed by atoms with Gasteiger partial charge in [-0.15, -0.1) is 0 Å². The normalized spacial score (nSPS) is 22.0. The molecule has 2 aromatic rings. The third kappa shape index (κ3) is 5.03. The number of benzene rings is 1. The molecule has 0 bridgehead atoms. The molecule has 0 spiro atoms. The molecule has 188 valence electrons. The first-order valence-corrected chi connectivity index (χ1v) is 11.2.